The number of benzene rings is 3. The lowest BCUT2D eigenvalue weighted by molar-refractivity contribution is -0.255. The topological polar surface area (TPSA) is 91.3 Å². The van der Waals surface area contributed by atoms with Crippen molar-refractivity contribution < 1.29 is 24.2 Å². The molecule has 1 aliphatic rings. The van der Waals surface area contributed by atoms with Gasteiger partial charge in [0.15, 0.2) is 11.5 Å². The van der Waals surface area contributed by atoms with Gasteiger partial charge >= 0.3 is 0 Å². The van der Waals surface area contributed by atoms with Crippen molar-refractivity contribution in [2.45, 2.75) is 0 Å². The first kappa shape index (κ1) is 23.8. The summed E-state index contributed by atoms with van der Waals surface area (Å²) in [6, 6.07) is 18.5. The van der Waals surface area contributed by atoms with Gasteiger partial charge in [0, 0.05) is 10.0 Å². The molecular formula is C27H18BrN2O5-. The number of aromatic carboxylic acids is 1. The van der Waals surface area contributed by atoms with Crippen LogP contribution in [0.25, 0.3) is 6.08 Å². The number of carbonyl (C=O) groups is 2. The predicted octanol–water partition coefficient (Wildman–Crippen LogP) is 3.67. The van der Waals surface area contributed by atoms with Crippen LogP contribution in [0.4, 0.5) is 5.69 Å². The van der Waals surface area contributed by atoms with Gasteiger partial charge in [-0.05, 0) is 41.5 Å². The number of ether oxygens (including phenoxy) is 2. The molecule has 0 N–H and O–H groups in total. The largest absolute Gasteiger partial charge is 0.545 e. The first-order valence-corrected chi connectivity index (χ1v) is 11.2. The first-order valence-electron chi connectivity index (χ1n) is 10.4. The molecule has 0 spiro atoms. The molecular weight excluding hydrogens is 512 g/mol. The molecule has 0 unspecified atom stereocenters. The summed E-state index contributed by atoms with van der Waals surface area (Å²) in [7, 11) is 1.51. The molecule has 174 valence electrons. The number of hydrogen-bond acceptors (Lipinski definition) is 6. The molecule has 4 rings (SSSR count). The van der Waals surface area contributed by atoms with E-state index in [4.69, 9.17) is 15.9 Å². The van der Waals surface area contributed by atoms with Crippen LogP contribution in [0.2, 0.25) is 0 Å². The minimum atomic E-state index is -1.34. The zero-order valence-electron chi connectivity index (χ0n) is 18.5. The molecule has 1 aliphatic heterocycles. The highest BCUT2D eigenvalue weighted by atomic mass is 79.9. The number of rotatable bonds is 7. The molecule has 0 saturated carbocycles. The molecule has 35 heavy (non-hydrogen) atoms. The van der Waals surface area contributed by atoms with Gasteiger partial charge in [0.25, 0.3) is 5.91 Å². The molecule has 0 aromatic heterocycles. The third kappa shape index (κ3) is 4.95. The second-order valence-corrected chi connectivity index (χ2v) is 8.20. The fraction of sp³-hybridized carbons (Fsp3) is 0.0741. The van der Waals surface area contributed by atoms with Gasteiger partial charge in [0.05, 0.1) is 24.3 Å². The summed E-state index contributed by atoms with van der Waals surface area (Å²) < 4.78 is 11.6. The lowest BCUT2D eigenvalue weighted by atomic mass is 10.00. The average Bonchev–Trinajstić information content (AvgIpc) is 3.20. The second kappa shape index (κ2) is 10.3. The van der Waals surface area contributed by atoms with Crippen molar-refractivity contribution >= 4 is 45.3 Å². The summed E-state index contributed by atoms with van der Waals surface area (Å²) in [4.78, 5) is 24.9. The number of terminal acetylenes is 1. The second-order valence-electron chi connectivity index (χ2n) is 7.34. The van der Waals surface area contributed by atoms with Gasteiger partial charge in [-0.3, -0.25) is 4.79 Å². The van der Waals surface area contributed by atoms with Crippen LogP contribution in [0.15, 0.2) is 81.9 Å². The van der Waals surface area contributed by atoms with Crippen molar-refractivity contribution in [2.75, 3.05) is 18.7 Å². The van der Waals surface area contributed by atoms with Crippen LogP contribution in [0.5, 0.6) is 11.5 Å². The van der Waals surface area contributed by atoms with E-state index < -0.39 is 11.9 Å². The van der Waals surface area contributed by atoms with Crippen molar-refractivity contribution in [3.05, 3.63) is 93.5 Å². The van der Waals surface area contributed by atoms with Gasteiger partial charge in [0.1, 0.15) is 12.3 Å². The summed E-state index contributed by atoms with van der Waals surface area (Å²) in [6.45, 7) is 0.0758. The van der Waals surface area contributed by atoms with E-state index in [2.05, 4.69) is 27.0 Å². The highest BCUT2D eigenvalue weighted by Gasteiger charge is 2.32. The number of halogens is 1. The maximum atomic E-state index is 13.5. The molecule has 1 heterocycles. The summed E-state index contributed by atoms with van der Waals surface area (Å²) >= 11 is 3.52. The van der Waals surface area contributed by atoms with Crippen LogP contribution < -0.4 is 19.6 Å². The fourth-order valence-corrected chi connectivity index (χ4v) is 3.94. The highest BCUT2D eigenvalue weighted by molar-refractivity contribution is 9.10. The monoisotopic (exact) mass is 529 g/mol. The van der Waals surface area contributed by atoms with Crippen LogP contribution >= 0.6 is 15.9 Å². The number of anilines is 1. The average molecular weight is 530 g/mol. The maximum absolute atomic E-state index is 13.5. The van der Waals surface area contributed by atoms with E-state index in [0.717, 1.165) is 5.56 Å². The van der Waals surface area contributed by atoms with Gasteiger partial charge in [-0.2, -0.15) is 10.1 Å². The first-order chi connectivity index (χ1) is 16.9. The third-order valence-electron chi connectivity index (χ3n) is 5.15. The molecule has 0 radical (unpaired) electrons. The van der Waals surface area contributed by atoms with Gasteiger partial charge in [-0.15, -0.1) is 6.42 Å². The molecule has 3 aromatic rings. The van der Waals surface area contributed by atoms with Crippen molar-refractivity contribution in [1.29, 1.82) is 0 Å². The van der Waals surface area contributed by atoms with Crippen LogP contribution in [-0.2, 0) is 4.79 Å². The Morgan fingerprint density at radius 1 is 1.14 bits per heavy atom. The van der Waals surface area contributed by atoms with Crippen LogP contribution in [0.3, 0.4) is 0 Å². The number of carbonyl (C=O) groups excluding carboxylic acids is 2. The van der Waals surface area contributed by atoms with E-state index >= 15 is 0 Å². The number of carboxylic acid groups (broad SMARTS) is 1. The summed E-state index contributed by atoms with van der Waals surface area (Å²) in [5.41, 5.74) is 2.38. The third-order valence-corrected chi connectivity index (χ3v) is 5.83. The maximum Gasteiger partial charge on any atom is 0.281 e. The molecule has 0 aliphatic carbocycles. The van der Waals surface area contributed by atoms with E-state index in [1.54, 1.807) is 24.3 Å². The molecule has 0 saturated heterocycles. The van der Waals surface area contributed by atoms with Gasteiger partial charge in [0.2, 0.25) is 0 Å². The minimum absolute atomic E-state index is 0.0563. The molecule has 1 amide bonds. The number of carboxylic acids is 1. The van der Waals surface area contributed by atoms with E-state index in [9.17, 15) is 14.7 Å². The Labute approximate surface area is 210 Å². The smallest absolute Gasteiger partial charge is 0.281 e. The van der Waals surface area contributed by atoms with Crippen molar-refractivity contribution in [3.8, 4) is 23.8 Å². The summed E-state index contributed by atoms with van der Waals surface area (Å²) in [5, 5.41) is 17.1. The SMILES string of the molecule is C#CCOc1cc(Br)c(C=C2C(=O)N(c3cccc(C(=O)[O-])c3)N=C2c2ccccc2)cc1OC. The Morgan fingerprint density at radius 3 is 2.60 bits per heavy atom. The molecule has 0 bridgehead atoms. The molecule has 0 atom stereocenters. The zero-order chi connectivity index (χ0) is 24.9. The highest BCUT2D eigenvalue weighted by Crippen LogP contribution is 2.36. The van der Waals surface area contributed by atoms with Crippen LogP contribution in [0.1, 0.15) is 21.5 Å². The van der Waals surface area contributed by atoms with E-state index in [0.29, 0.717) is 38.5 Å². The number of nitrogens with zero attached hydrogens (tertiary/aromatic N) is 2. The van der Waals surface area contributed by atoms with Crippen LogP contribution in [-0.4, -0.2) is 31.3 Å². The Kier molecular flexibility index (Phi) is 6.99. The molecule has 8 heteroatoms. The molecule has 3 aromatic carbocycles. The standard InChI is InChI=1S/C27H19BrN2O5/c1-3-12-35-24-16-22(28)19(15-23(24)34-2)14-21-25(17-8-5-4-6-9-17)29-30(26(21)31)20-11-7-10-18(13-20)27(32)33/h1,4-11,13-16H,12H2,2H3,(H,32,33)/p-1. The number of hydrazone groups is 1. The Morgan fingerprint density at radius 2 is 1.91 bits per heavy atom. The lowest BCUT2D eigenvalue weighted by Gasteiger charge is -2.14. The summed E-state index contributed by atoms with van der Waals surface area (Å²) in [6.07, 6.45) is 6.98. The fourth-order valence-electron chi connectivity index (χ4n) is 3.50. The Balaban J connectivity index is 1.82. The van der Waals surface area contributed by atoms with Gasteiger partial charge < -0.3 is 19.4 Å². The minimum Gasteiger partial charge on any atom is -0.545 e. The Hall–Kier alpha value is -4.35. The van der Waals surface area contributed by atoms with E-state index in [1.807, 2.05) is 30.3 Å². The summed E-state index contributed by atoms with van der Waals surface area (Å²) in [5.74, 6) is 1.54. The molecule has 0 fully saturated rings. The molecule has 7 nitrogen and oxygen atoms in total. The number of hydrogen-bond donors (Lipinski definition) is 0. The number of methoxy groups -OCH3 is 1. The lowest BCUT2D eigenvalue weighted by Crippen LogP contribution is -2.24. The van der Waals surface area contributed by atoms with Crippen molar-refractivity contribution in [1.82, 2.24) is 0 Å². The van der Waals surface area contributed by atoms with Crippen LogP contribution in [0, 0.1) is 12.3 Å². The number of amides is 1. The zero-order valence-corrected chi connectivity index (χ0v) is 20.1. The van der Waals surface area contributed by atoms with E-state index in [1.165, 1.54) is 30.3 Å². The normalized spacial score (nSPS) is 14.0. The van der Waals surface area contributed by atoms with Crippen molar-refractivity contribution in [3.63, 3.8) is 0 Å². The Bertz CT molecular complexity index is 1410. The quantitative estimate of drug-likeness (QED) is 0.344. The van der Waals surface area contributed by atoms with Gasteiger partial charge in [-0.1, -0.05) is 64.3 Å². The van der Waals surface area contributed by atoms with Crippen molar-refractivity contribution in [2.24, 2.45) is 5.10 Å². The van der Waals surface area contributed by atoms with Gasteiger partial charge in [-0.25, -0.2) is 0 Å². The predicted molar refractivity (Wildman–Crippen MR) is 134 cm³/mol. The van der Waals surface area contributed by atoms with E-state index in [-0.39, 0.29) is 12.2 Å².